The van der Waals surface area contributed by atoms with Gasteiger partial charge in [-0.2, -0.15) is 0 Å². The summed E-state index contributed by atoms with van der Waals surface area (Å²) in [6, 6.07) is 14.4. The quantitative estimate of drug-likeness (QED) is 0.688. The van der Waals surface area contributed by atoms with E-state index in [-0.39, 0.29) is 12.5 Å². The molecule has 1 heterocycles. The monoisotopic (exact) mass is 353 g/mol. The van der Waals surface area contributed by atoms with Crippen molar-refractivity contribution in [1.29, 1.82) is 0 Å². The second kappa shape index (κ2) is 7.60. The van der Waals surface area contributed by atoms with Crippen molar-refractivity contribution in [3.63, 3.8) is 0 Å². The molecule has 0 fully saturated rings. The molecule has 134 valence electrons. The van der Waals surface area contributed by atoms with E-state index in [0.717, 1.165) is 10.9 Å². The molecule has 0 radical (unpaired) electrons. The first kappa shape index (κ1) is 17.3. The topological polar surface area (TPSA) is 81.6 Å². The van der Waals surface area contributed by atoms with E-state index in [1.165, 1.54) is 0 Å². The van der Waals surface area contributed by atoms with Gasteiger partial charge in [-0.25, -0.2) is 0 Å². The van der Waals surface area contributed by atoms with Gasteiger partial charge in [0.15, 0.2) is 6.61 Å². The average molecular weight is 353 g/mol. The van der Waals surface area contributed by atoms with E-state index in [1.807, 2.05) is 35.9 Å². The van der Waals surface area contributed by atoms with E-state index in [0.29, 0.717) is 17.1 Å². The molecule has 0 saturated heterocycles. The van der Waals surface area contributed by atoms with Crippen LogP contribution in [0.4, 0.5) is 0 Å². The summed E-state index contributed by atoms with van der Waals surface area (Å²) in [4.78, 5) is 24.2. The Balaban J connectivity index is 1.54. The lowest BCUT2D eigenvalue weighted by molar-refractivity contribution is -0.123. The molecule has 0 bridgehead atoms. The summed E-state index contributed by atoms with van der Waals surface area (Å²) in [5, 5.41) is 0.816. The zero-order chi connectivity index (χ0) is 18.5. The highest BCUT2D eigenvalue weighted by Gasteiger charge is 2.14. The van der Waals surface area contributed by atoms with Crippen molar-refractivity contribution in [3.8, 4) is 11.5 Å². The number of carbonyl (C=O) groups excluding carboxylic acids is 2. The Morgan fingerprint density at radius 2 is 1.69 bits per heavy atom. The summed E-state index contributed by atoms with van der Waals surface area (Å²) >= 11 is 0. The molecular weight excluding hydrogens is 334 g/mol. The fraction of sp³-hybridized carbons (Fsp3) is 0.158. The fourth-order valence-corrected chi connectivity index (χ4v) is 2.57. The smallest absolute Gasteiger partial charge is 0.276 e. The number of hydrogen-bond acceptors (Lipinski definition) is 4. The summed E-state index contributed by atoms with van der Waals surface area (Å²) in [6.45, 7) is -0.220. The molecule has 0 aliphatic rings. The molecule has 26 heavy (non-hydrogen) atoms. The van der Waals surface area contributed by atoms with Crippen molar-refractivity contribution in [2.75, 3.05) is 13.7 Å². The van der Waals surface area contributed by atoms with Crippen LogP contribution in [0, 0.1) is 0 Å². The van der Waals surface area contributed by atoms with Crippen molar-refractivity contribution in [2.24, 2.45) is 7.05 Å². The van der Waals surface area contributed by atoms with Crippen molar-refractivity contribution >= 4 is 22.7 Å². The van der Waals surface area contributed by atoms with Crippen LogP contribution >= 0.6 is 0 Å². The fourth-order valence-electron chi connectivity index (χ4n) is 2.57. The third kappa shape index (κ3) is 3.77. The molecule has 0 atom stereocenters. The first-order valence-corrected chi connectivity index (χ1v) is 7.98. The molecule has 3 rings (SSSR count). The Bertz CT molecular complexity index is 932. The van der Waals surface area contributed by atoms with Crippen LogP contribution in [0.25, 0.3) is 10.9 Å². The minimum atomic E-state index is -0.464. The number of aryl methyl sites for hydroxylation is 1. The van der Waals surface area contributed by atoms with Gasteiger partial charge in [-0.15, -0.1) is 0 Å². The molecule has 0 aliphatic heterocycles. The number of fused-ring (bicyclic) bond motifs is 1. The highest BCUT2D eigenvalue weighted by molar-refractivity contribution is 6.07. The molecule has 7 heteroatoms. The van der Waals surface area contributed by atoms with Crippen molar-refractivity contribution < 1.29 is 19.1 Å². The highest BCUT2D eigenvalue weighted by Crippen LogP contribution is 2.20. The predicted molar refractivity (Wildman–Crippen MR) is 97.0 cm³/mol. The van der Waals surface area contributed by atoms with Crippen LogP contribution in [-0.2, 0) is 11.8 Å². The van der Waals surface area contributed by atoms with Crippen LogP contribution < -0.4 is 20.3 Å². The third-order valence-electron chi connectivity index (χ3n) is 3.89. The van der Waals surface area contributed by atoms with E-state index in [9.17, 15) is 9.59 Å². The summed E-state index contributed by atoms with van der Waals surface area (Å²) in [7, 11) is 3.43. The number of nitrogens with zero attached hydrogens (tertiary/aromatic N) is 1. The summed E-state index contributed by atoms with van der Waals surface area (Å²) < 4.78 is 12.3. The predicted octanol–water partition coefficient (Wildman–Crippen LogP) is 2.03. The Kier molecular flexibility index (Phi) is 5.07. The van der Waals surface area contributed by atoms with Crippen molar-refractivity contribution in [2.45, 2.75) is 0 Å². The number of rotatable bonds is 5. The first-order valence-electron chi connectivity index (χ1n) is 7.98. The van der Waals surface area contributed by atoms with E-state index in [1.54, 1.807) is 37.6 Å². The maximum Gasteiger partial charge on any atom is 0.276 e. The van der Waals surface area contributed by atoms with Crippen LogP contribution in [0.1, 0.15) is 10.4 Å². The van der Waals surface area contributed by atoms with Crippen molar-refractivity contribution in [1.82, 2.24) is 15.4 Å². The Hall–Kier alpha value is -3.48. The molecule has 2 amide bonds. The molecule has 0 saturated carbocycles. The second-order valence-electron chi connectivity index (χ2n) is 5.64. The molecule has 0 aliphatic carbocycles. The average Bonchev–Trinajstić information content (AvgIpc) is 3.02. The number of para-hydroxylation sites is 1. The van der Waals surface area contributed by atoms with Crippen LogP contribution in [0.2, 0.25) is 0 Å². The lowest BCUT2D eigenvalue weighted by atomic mass is 10.2. The number of ether oxygens (including phenoxy) is 2. The van der Waals surface area contributed by atoms with Gasteiger partial charge in [-0.1, -0.05) is 18.2 Å². The largest absolute Gasteiger partial charge is 0.497 e. The molecule has 1 aromatic heterocycles. The highest BCUT2D eigenvalue weighted by atomic mass is 16.5. The van der Waals surface area contributed by atoms with Gasteiger partial charge in [0.2, 0.25) is 0 Å². The Morgan fingerprint density at radius 1 is 1.00 bits per heavy atom. The summed E-state index contributed by atoms with van der Waals surface area (Å²) in [5.41, 5.74) is 6.18. The van der Waals surface area contributed by atoms with E-state index >= 15 is 0 Å². The van der Waals surface area contributed by atoms with Gasteiger partial charge >= 0.3 is 0 Å². The minimum absolute atomic E-state index is 0.220. The minimum Gasteiger partial charge on any atom is -0.497 e. The number of methoxy groups -OCH3 is 1. The Morgan fingerprint density at radius 3 is 2.42 bits per heavy atom. The van der Waals surface area contributed by atoms with Gasteiger partial charge in [0.05, 0.1) is 12.7 Å². The number of nitrogens with one attached hydrogen (secondary N) is 2. The lowest BCUT2D eigenvalue weighted by Crippen LogP contribution is -2.43. The number of hydrogen-bond donors (Lipinski definition) is 2. The standard InChI is InChI=1S/C19H19N3O4/c1-22-11-16(15-5-3-4-6-17(15)22)19(24)21-20-18(23)12-26-14-9-7-13(25-2)8-10-14/h3-11H,12H2,1-2H3,(H,20,23)(H,21,24). The van der Waals surface area contributed by atoms with Crippen molar-refractivity contribution in [3.05, 3.63) is 60.3 Å². The van der Waals surface area contributed by atoms with E-state index in [2.05, 4.69) is 10.9 Å². The number of amides is 2. The van der Waals surface area contributed by atoms with E-state index in [4.69, 9.17) is 9.47 Å². The maximum atomic E-state index is 12.3. The first-order chi connectivity index (χ1) is 12.6. The van der Waals surface area contributed by atoms with Gasteiger partial charge < -0.3 is 14.0 Å². The number of aromatic nitrogens is 1. The van der Waals surface area contributed by atoms with Crippen LogP contribution in [0.5, 0.6) is 11.5 Å². The third-order valence-corrected chi connectivity index (χ3v) is 3.89. The molecule has 7 nitrogen and oxygen atoms in total. The molecule has 0 unspecified atom stereocenters. The lowest BCUT2D eigenvalue weighted by Gasteiger charge is -2.09. The van der Waals surface area contributed by atoms with Crippen LogP contribution in [-0.4, -0.2) is 30.1 Å². The zero-order valence-corrected chi connectivity index (χ0v) is 14.5. The van der Waals surface area contributed by atoms with Gasteiger partial charge in [0.1, 0.15) is 11.5 Å². The van der Waals surface area contributed by atoms with Gasteiger partial charge in [0.25, 0.3) is 11.8 Å². The summed E-state index contributed by atoms with van der Waals surface area (Å²) in [5.74, 6) is 0.375. The second-order valence-corrected chi connectivity index (χ2v) is 5.64. The molecule has 2 N–H and O–H groups in total. The normalized spacial score (nSPS) is 10.4. The van der Waals surface area contributed by atoms with Crippen LogP contribution in [0.3, 0.4) is 0 Å². The SMILES string of the molecule is COc1ccc(OCC(=O)NNC(=O)c2cn(C)c3ccccc23)cc1. The van der Waals surface area contributed by atoms with Gasteiger partial charge in [-0.3, -0.25) is 20.4 Å². The molecular formula is C19H19N3O4. The maximum absolute atomic E-state index is 12.3. The number of carbonyl (C=O) groups is 2. The number of hydrazine groups is 1. The van der Waals surface area contributed by atoms with Gasteiger partial charge in [0, 0.05) is 24.1 Å². The zero-order valence-electron chi connectivity index (χ0n) is 14.5. The van der Waals surface area contributed by atoms with E-state index < -0.39 is 5.91 Å². The molecule has 0 spiro atoms. The number of benzene rings is 2. The Labute approximate surface area is 150 Å². The van der Waals surface area contributed by atoms with Gasteiger partial charge in [-0.05, 0) is 30.3 Å². The van der Waals surface area contributed by atoms with Crippen LogP contribution in [0.15, 0.2) is 54.7 Å². The molecule has 2 aromatic carbocycles. The molecule has 3 aromatic rings. The summed E-state index contributed by atoms with van der Waals surface area (Å²) in [6.07, 6.45) is 1.72.